The minimum atomic E-state index is 0.388. The third-order valence-corrected chi connectivity index (χ3v) is 3.43. The Bertz CT molecular complexity index is 266. The van der Waals surface area contributed by atoms with Gasteiger partial charge in [-0.2, -0.15) is 0 Å². The highest BCUT2D eigenvalue weighted by Crippen LogP contribution is 2.03. The summed E-state index contributed by atoms with van der Waals surface area (Å²) in [4.78, 5) is 4.42. The molecule has 18 heavy (non-hydrogen) atoms. The molecule has 0 atom stereocenters. The first-order valence-corrected chi connectivity index (χ1v) is 7.32. The van der Waals surface area contributed by atoms with Gasteiger partial charge in [0.25, 0.3) is 0 Å². The topological polar surface area (TPSA) is 30.5 Å². The quantitative estimate of drug-likeness (QED) is 0.742. The van der Waals surface area contributed by atoms with Crippen molar-refractivity contribution in [3.8, 4) is 0 Å². The number of hydrogen-bond donors (Lipinski definition) is 2. The second-order valence-corrected chi connectivity index (χ2v) is 5.96. The summed E-state index contributed by atoms with van der Waals surface area (Å²) in [5.74, 6) is 0. The van der Waals surface area contributed by atoms with Crippen LogP contribution in [0, 0.1) is 0 Å². The van der Waals surface area contributed by atoms with Crippen LogP contribution >= 0.6 is 24.4 Å². The van der Waals surface area contributed by atoms with Crippen molar-refractivity contribution < 1.29 is 0 Å². The molecular weight excluding hydrogens is 264 g/mol. The van der Waals surface area contributed by atoms with E-state index in [1.54, 1.807) is 0 Å². The van der Waals surface area contributed by atoms with E-state index < -0.39 is 0 Å². The molecule has 0 aromatic rings. The zero-order valence-corrected chi connectivity index (χ0v) is 13.3. The molecule has 1 rings (SSSR count). The molecule has 1 aliphatic heterocycles. The van der Waals surface area contributed by atoms with Crippen molar-refractivity contribution in [3.63, 3.8) is 0 Å². The number of hydrogen-bond acceptors (Lipinski definition) is 2. The second-order valence-electron chi connectivity index (χ2n) is 5.18. The van der Waals surface area contributed by atoms with Crippen molar-refractivity contribution in [2.45, 2.75) is 39.8 Å². The van der Waals surface area contributed by atoms with E-state index in [9.17, 15) is 0 Å². The minimum absolute atomic E-state index is 0.388. The molecule has 0 aliphatic carbocycles. The summed E-state index contributed by atoms with van der Waals surface area (Å²) in [6.45, 7) is 12.1. The summed E-state index contributed by atoms with van der Waals surface area (Å²) in [7, 11) is 0. The fraction of sp³-hybridized carbons (Fsp3) is 0.833. The third-order valence-electron chi connectivity index (χ3n) is 2.68. The molecule has 0 spiro atoms. The van der Waals surface area contributed by atoms with Gasteiger partial charge >= 0.3 is 0 Å². The lowest BCUT2D eigenvalue weighted by atomic mass is 10.3. The van der Waals surface area contributed by atoms with Crippen molar-refractivity contribution >= 4 is 34.7 Å². The Morgan fingerprint density at radius 1 is 0.778 bits per heavy atom. The molecular formula is C12H24N4S2. The highest BCUT2D eigenvalue weighted by Gasteiger charge is 2.20. The maximum Gasteiger partial charge on any atom is 0.169 e. The number of piperazine rings is 1. The fourth-order valence-corrected chi connectivity index (χ4v) is 2.63. The van der Waals surface area contributed by atoms with Crippen LogP contribution in [0.4, 0.5) is 0 Å². The third kappa shape index (κ3) is 4.94. The molecule has 1 saturated heterocycles. The Balaban J connectivity index is 2.36. The van der Waals surface area contributed by atoms with Crippen molar-refractivity contribution in [1.29, 1.82) is 0 Å². The van der Waals surface area contributed by atoms with Crippen molar-refractivity contribution in [3.05, 3.63) is 0 Å². The van der Waals surface area contributed by atoms with E-state index >= 15 is 0 Å². The predicted octanol–water partition coefficient (Wildman–Crippen LogP) is 1.17. The van der Waals surface area contributed by atoms with Crippen LogP contribution in [0.25, 0.3) is 0 Å². The van der Waals surface area contributed by atoms with Crippen LogP contribution in [0.1, 0.15) is 27.7 Å². The Labute approximate surface area is 121 Å². The zero-order chi connectivity index (χ0) is 13.7. The normalized spacial score (nSPS) is 16.1. The molecule has 0 saturated carbocycles. The van der Waals surface area contributed by atoms with Gasteiger partial charge in [-0.1, -0.05) is 0 Å². The van der Waals surface area contributed by atoms with E-state index in [-0.39, 0.29) is 0 Å². The van der Waals surface area contributed by atoms with Crippen LogP contribution in [0.15, 0.2) is 0 Å². The molecule has 2 N–H and O–H groups in total. The van der Waals surface area contributed by atoms with Gasteiger partial charge in [0.2, 0.25) is 0 Å². The smallest absolute Gasteiger partial charge is 0.169 e. The standard InChI is InChI=1S/C12H24N4S2/c1-9(2)13-11(17)15-5-7-16(8-6-15)12(18)14-10(3)4/h9-10H,5-8H2,1-4H3,(H,13,17)(H,14,18). The van der Waals surface area contributed by atoms with Gasteiger partial charge in [-0.15, -0.1) is 0 Å². The average Bonchev–Trinajstić information content (AvgIpc) is 2.27. The van der Waals surface area contributed by atoms with Gasteiger partial charge in [0.1, 0.15) is 0 Å². The summed E-state index contributed by atoms with van der Waals surface area (Å²) in [5.41, 5.74) is 0. The minimum Gasteiger partial charge on any atom is -0.360 e. The lowest BCUT2D eigenvalue weighted by Gasteiger charge is -2.38. The van der Waals surface area contributed by atoms with Crippen LogP contribution < -0.4 is 10.6 Å². The van der Waals surface area contributed by atoms with E-state index in [1.165, 1.54) is 0 Å². The van der Waals surface area contributed by atoms with Gasteiger partial charge in [-0.05, 0) is 52.1 Å². The first kappa shape index (κ1) is 15.4. The van der Waals surface area contributed by atoms with Gasteiger partial charge in [0.15, 0.2) is 10.2 Å². The molecule has 1 heterocycles. The van der Waals surface area contributed by atoms with Crippen LogP contribution in [0.3, 0.4) is 0 Å². The molecule has 0 amide bonds. The van der Waals surface area contributed by atoms with E-state index in [0.717, 1.165) is 36.4 Å². The summed E-state index contributed by atoms with van der Waals surface area (Å²) in [5, 5.41) is 8.27. The molecule has 0 bridgehead atoms. The summed E-state index contributed by atoms with van der Waals surface area (Å²) in [6.07, 6.45) is 0. The highest BCUT2D eigenvalue weighted by molar-refractivity contribution is 7.80. The Kier molecular flexibility index (Phi) is 6.08. The molecule has 4 nitrogen and oxygen atoms in total. The largest absolute Gasteiger partial charge is 0.360 e. The molecule has 0 aromatic carbocycles. The van der Waals surface area contributed by atoms with Crippen molar-refractivity contribution in [2.75, 3.05) is 26.2 Å². The molecule has 104 valence electrons. The van der Waals surface area contributed by atoms with Gasteiger partial charge in [-0.25, -0.2) is 0 Å². The number of nitrogens with zero attached hydrogens (tertiary/aromatic N) is 2. The van der Waals surface area contributed by atoms with Gasteiger partial charge in [0.05, 0.1) is 0 Å². The number of rotatable bonds is 2. The maximum atomic E-state index is 5.37. The van der Waals surface area contributed by atoms with Crippen molar-refractivity contribution in [2.24, 2.45) is 0 Å². The fourth-order valence-electron chi connectivity index (χ4n) is 1.79. The molecule has 1 aliphatic rings. The number of thiocarbonyl (C=S) groups is 2. The lowest BCUT2D eigenvalue weighted by molar-refractivity contribution is 0.253. The Morgan fingerprint density at radius 3 is 1.28 bits per heavy atom. The monoisotopic (exact) mass is 288 g/mol. The summed E-state index contributed by atoms with van der Waals surface area (Å²) in [6, 6.07) is 0.776. The SMILES string of the molecule is CC(C)NC(=S)N1CCN(C(=S)NC(C)C)CC1. The van der Waals surface area contributed by atoms with E-state index in [2.05, 4.69) is 48.1 Å². The highest BCUT2D eigenvalue weighted by atomic mass is 32.1. The van der Waals surface area contributed by atoms with Crippen LogP contribution in [0.5, 0.6) is 0 Å². The summed E-state index contributed by atoms with van der Waals surface area (Å²) >= 11 is 10.7. The lowest BCUT2D eigenvalue weighted by Crippen LogP contribution is -2.56. The predicted molar refractivity (Wildman–Crippen MR) is 84.9 cm³/mol. The molecule has 0 aromatic heterocycles. The second kappa shape index (κ2) is 7.09. The molecule has 1 fully saturated rings. The first-order valence-electron chi connectivity index (χ1n) is 6.51. The summed E-state index contributed by atoms with van der Waals surface area (Å²) < 4.78 is 0. The average molecular weight is 288 g/mol. The Morgan fingerprint density at radius 2 is 1.06 bits per heavy atom. The van der Waals surface area contributed by atoms with Crippen LogP contribution in [-0.4, -0.2) is 58.3 Å². The first-order chi connectivity index (χ1) is 8.40. The van der Waals surface area contributed by atoms with Crippen LogP contribution in [-0.2, 0) is 0 Å². The van der Waals surface area contributed by atoms with Crippen molar-refractivity contribution in [1.82, 2.24) is 20.4 Å². The number of nitrogens with one attached hydrogen (secondary N) is 2. The van der Waals surface area contributed by atoms with Crippen LogP contribution in [0.2, 0.25) is 0 Å². The van der Waals surface area contributed by atoms with E-state index in [4.69, 9.17) is 24.4 Å². The zero-order valence-electron chi connectivity index (χ0n) is 11.7. The maximum absolute atomic E-state index is 5.37. The van der Waals surface area contributed by atoms with Gasteiger partial charge < -0.3 is 20.4 Å². The van der Waals surface area contributed by atoms with Gasteiger partial charge in [-0.3, -0.25) is 0 Å². The van der Waals surface area contributed by atoms with E-state index in [1.807, 2.05) is 0 Å². The molecule has 0 unspecified atom stereocenters. The molecule has 0 radical (unpaired) electrons. The van der Waals surface area contributed by atoms with E-state index in [0.29, 0.717) is 12.1 Å². The van der Waals surface area contributed by atoms with Gasteiger partial charge in [0, 0.05) is 38.3 Å². The Hall–Kier alpha value is -0.620. The molecule has 6 heteroatoms.